The lowest BCUT2D eigenvalue weighted by Gasteiger charge is -2.22. The second-order valence-corrected chi connectivity index (χ2v) is 9.44. The van der Waals surface area contributed by atoms with Crippen molar-refractivity contribution in [1.29, 1.82) is 0 Å². The molecule has 0 spiro atoms. The molecule has 2 heterocycles. The van der Waals surface area contributed by atoms with Gasteiger partial charge in [0.25, 0.3) is 15.9 Å². The van der Waals surface area contributed by atoms with Crippen LogP contribution in [0.1, 0.15) is 10.4 Å². The zero-order valence-corrected chi connectivity index (χ0v) is 17.2. The molecular formula is C19H18N4O4S2. The van der Waals surface area contributed by atoms with Crippen molar-refractivity contribution in [1.82, 2.24) is 4.90 Å². The fourth-order valence-electron chi connectivity index (χ4n) is 3.09. The minimum absolute atomic E-state index is 0.0313. The Bertz CT molecular complexity index is 1120. The van der Waals surface area contributed by atoms with Crippen LogP contribution in [-0.4, -0.2) is 56.2 Å². The van der Waals surface area contributed by atoms with Gasteiger partial charge in [-0.1, -0.05) is 18.2 Å². The fraction of sp³-hybridized carbons (Fsp3) is 0.211. The Morgan fingerprint density at radius 3 is 2.72 bits per heavy atom. The molecule has 2 aromatic rings. The number of rotatable bonds is 4. The summed E-state index contributed by atoms with van der Waals surface area (Å²) in [4.78, 5) is 28.9. The number of carbonyl (C=O) groups excluding carboxylic acids is 2. The van der Waals surface area contributed by atoms with Gasteiger partial charge < -0.3 is 15.1 Å². The number of anilines is 2. The van der Waals surface area contributed by atoms with E-state index in [-0.39, 0.29) is 24.1 Å². The Balaban J connectivity index is 1.46. The molecule has 0 atom stereocenters. The van der Waals surface area contributed by atoms with Crippen molar-refractivity contribution in [3.8, 4) is 0 Å². The van der Waals surface area contributed by atoms with Crippen molar-refractivity contribution in [2.45, 2.75) is 4.90 Å². The van der Waals surface area contributed by atoms with E-state index in [0.717, 1.165) is 10.6 Å². The van der Waals surface area contributed by atoms with Crippen LogP contribution in [0.15, 0.2) is 57.8 Å². The van der Waals surface area contributed by atoms with Gasteiger partial charge in [-0.15, -0.1) is 4.40 Å². The molecule has 4 rings (SSSR count). The van der Waals surface area contributed by atoms with E-state index < -0.39 is 10.0 Å². The second-order valence-electron chi connectivity index (χ2n) is 6.67. The Hall–Kier alpha value is -2.85. The first-order chi connectivity index (χ1) is 13.8. The maximum atomic E-state index is 12.7. The molecule has 2 aromatic carbocycles. The van der Waals surface area contributed by atoms with E-state index in [0.29, 0.717) is 23.0 Å². The molecule has 8 nitrogen and oxygen atoms in total. The van der Waals surface area contributed by atoms with Gasteiger partial charge in [-0.25, -0.2) is 8.42 Å². The molecule has 2 amide bonds. The zero-order chi connectivity index (χ0) is 20.6. The maximum Gasteiger partial charge on any atom is 0.257 e. The van der Waals surface area contributed by atoms with Crippen LogP contribution in [0.3, 0.4) is 0 Å². The van der Waals surface area contributed by atoms with Gasteiger partial charge in [-0.3, -0.25) is 9.59 Å². The average molecular weight is 431 g/mol. The van der Waals surface area contributed by atoms with Crippen molar-refractivity contribution in [3.05, 3.63) is 54.1 Å². The molecule has 0 saturated carbocycles. The third-order valence-electron chi connectivity index (χ3n) is 4.50. The zero-order valence-electron chi connectivity index (χ0n) is 15.5. The summed E-state index contributed by atoms with van der Waals surface area (Å²) in [5.74, 6) is -0.619. The second kappa shape index (κ2) is 7.53. The predicted octanol–water partition coefficient (Wildman–Crippen LogP) is 2.01. The number of benzene rings is 2. The molecule has 0 radical (unpaired) electrons. The Morgan fingerprint density at radius 1 is 1.21 bits per heavy atom. The molecule has 2 aliphatic rings. The lowest BCUT2D eigenvalue weighted by molar-refractivity contribution is -0.116. The number of likely N-dealkylation sites (N-methyl/N-ethyl adjacent to an activating group) is 1. The van der Waals surface area contributed by atoms with Crippen molar-refractivity contribution < 1.29 is 18.0 Å². The molecule has 0 fully saturated rings. The van der Waals surface area contributed by atoms with E-state index in [2.05, 4.69) is 9.71 Å². The number of hydrogen-bond donors (Lipinski definition) is 1. The highest BCUT2D eigenvalue weighted by Crippen LogP contribution is 2.42. The maximum absolute atomic E-state index is 12.7. The number of thioether (sulfide) groups is 1. The van der Waals surface area contributed by atoms with E-state index in [9.17, 15) is 18.0 Å². The number of sulfonamides is 1. The SMILES string of the molecule is CN(CC(=O)Nc1ccccc1)C(=O)c1ccc2c(c1)SC1=NS(=O)(=O)CCN12. The topological polar surface area (TPSA) is 99.1 Å². The standard InChI is InChI=1S/C19H18N4O4S2/c1-22(12-17(24)20-14-5-3-2-4-6-14)18(25)13-7-8-15-16(11-13)28-19-21-29(26,27)10-9-23(15)19/h2-8,11H,9-10,12H2,1H3,(H,20,24). The molecule has 0 unspecified atom stereocenters. The number of amidine groups is 1. The van der Waals surface area contributed by atoms with Crippen LogP contribution in [-0.2, 0) is 14.8 Å². The largest absolute Gasteiger partial charge is 0.332 e. The summed E-state index contributed by atoms with van der Waals surface area (Å²) >= 11 is 1.23. The molecule has 1 N–H and O–H groups in total. The first-order valence-electron chi connectivity index (χ1n) is 8.85. The molecule has 0 saturated heterocycles. The van der Waals surface area contributed by atoms with Crippen LogP contribution in [0.25, 0.3) is 0 Å². The number of hydrogen-bond acceptors (Lipinski definition) is 6. The normalized spacial score (nSPS) is 16.4. The monoisotopic (exact) mass is 430 g/mol. The first-order valence-corrected chi connectivity index (χ1v) is 11.3. The molecule has 150 valence electrons. The highest BCUT2D eigenvalue weighted by Gasteiger charge is 2.33. The highest BCUT2D eigenvalue weighted by molar-refractivity contribution is 8.15. The average Bonchev–Trinajstić information content (AvgIpc) is 3.03. The molecule has 29 heavy (non-hydrogen) atoms. The molecule has 10 heteroatoms. The summed E-state index contributed by atoms with van der Waals surface area (Å²) in [7, 11) is -1.87. The third kappa shape index (κ3) is 4.13. The van der Waals surface area contributed by atoms with Crippen molar-refractivity contribution in [3.63, 3.8) is 0 Å². The summed E-state index contributed by atoms with van der Waals surface area (Å²) in [6, 6.07) is 14.2. The Morgan fingerprint density at radius 2 is 1.97 bits per heavy atom. The van der Waals surface area contributed by atoms with Gasteiger partial charge in [-0.05, 0) is 42.1 Å². The van der Waals surface area contributed by atoms with Crippen molar-refractivity contribution in [2.24, 2.45) is 4.40 Å². The molecule has 0 bridgehead atoms. The number of carbonyl (C=O) groups is 2. The summed E-state index contributed by atoms with van der Waals surface area (Å²) in [5, 5.41) is 3.15. The van der Waals surface area contributed by atoms with E-state index >= 15 is 0 Å². The van der Waals surface area contributed by atoms with Crippen molar-refractivity contribution >= 4 is 50.1 Å². The van der Waals surface area contributed by atoms with Crippen LogP contribution in [0, 0.1) is 0 Å². The number of para-hydroxylation sites is 1. The summed E-state index contributed by atoms with van der Waals surface area (Å²) in [5.41, 5.74) is 1.93. The van der Waals surface area contributed by atoms with Gasteiger partial charge in [0.05, 0.1) is 18.0 Å². The highest BCUT2D eigenvalue weighted by atomic mass is 32.2. The summed E-state index contributed by atoms with van der Waals surface area (Å²) < 4.78 is 27.2. The summed E-state index contributed by atoms with van der Waals surface area (Å²) in [6.07, 6.45) is 0. The van der Waals surface area contributed by atoms with Crippen LogP contribution in [0.4, 0.5) is 11.4 Å². The number of nitrogens with one attached hydrogen (secondary N) is 1. The van der Waals surface area contributed by atoms with Gasteiger partial charge >= 0.3 is 0 Å². The molecule has 0 aliphatic carbocycles. The van der Waals surface area contributed by atoms with Crippen LogP contribution in [0.2, 0.25) is 0 Å². The van der Waals surface area contributed by atoms with E-state index in [1.165, 1.54) is 16.7 Å². The minimum Gasteiger partial charge on any atom is -0.332 e. The molecule has 2 aliphatic heterocycles. The van der Waals surface area contributed by atoms with Crippen LogP contribution >= 0.6 is 11.8 Å². The molecular weight excluding hydrogens is 412 g/mol. The Kier molecular flexibility index (Phi) is 5.05. The van der Waals surface area contributed by atoms with Crippen LogP contribution in [0.5, 0.6) is 0 Å². The van der Waals surface area contributed by atoms with E-state index in [1.54, 1.807) is 37.4 Å². The van der Waals surface area contributed by atoms with Crippen molar-refractivity contribution in [2.75, 3.05) is 36.1 Å². The smallest absolute Gasteiger partial charge is 0.257 e. The van der Waals surface area contributed by atoms with Gasteiger partial charge in [0, 0.05) is 29.7 Å². The van der Waals surface area contributed by atoms with E-state index in [1.807, 2.05) is 23.1 Å². The Labute approximate surface area is 172 Å². The van der Waals surface area contributed by atoms with Gasteiger partial charge in [-0.2, -0.15) is 0 Å². The van der Waals surface area contributed by atoms with Gasteiger partial charge in [0.2, 0.25) is 5.91 Å². The van der Waals surface area contributed by atoms with Crippen LogP contribution < -0.4 is 10.2 Å². The lowest BCUT2D eigenvalue weighted by atomic mass is 10.1. The predicted molar refractivity (Wildman–Crippen MR) is 113 cm³/mol. The fourth-order valence-corrected chi connectivity index (χ4v) is 5.39. The van der Waals surface area contributed by atoms with E-state index in [4.69, 9.17) is 0 Å². The quantitative estimate of drug-likeness (QED) is 0.797. The first kappa shape index (κ1) is 19.5. The number of fused-ring (bicyclic) bond motifs is 3. The van der Waals surface area contributed by atoms with Gasteiger partial charge in [0.1, 0.15) is 0 Å². The lowest BCUT2D eigenvalue weighted by Crippen LogP contribution is -2.35. The molecule has 0 aromatic heterocycles. The summed E-state index contributed by atoms with van der Waals surface area (Å²) in [6.45, 7) is 0.253. The minimum atomic E-state index is -3.43. The third-order valence-corrected chi connectivity index (χ3v) is 6.81. The number of nitrogens with zero attached hydrogens (tertiary/aromatic N) is 3. The number of amides is 2. The van der Waals surface area contributed by atoms with Gasteiger partial charge in [0.15, 0.2) is 5.17 Å².